The van der Waals surface area contributed by atoms with Gasteiger partial charge < -0.3 is 0 Å². The Morgan fingerprint density at radius 3 is 1.44 bits per heavy atom. The fourth-order valence-electron chi connectivity index (χ4n) is 1.29. The van der Waals surface area contributed by atoms with Crippen molar-refractivity contribution in [3.05, 3.63) is 69.5 Å². The Morgan fingerprint density at radius 1 is 0.667 bits per heavy atom. The first-order chi connectivity index (χ1) is 8.59. The van der Waals surface area contributed by atoms with Crippen molar-refractivity contribution in [2.24, 2.45) is 11.8 Å². The van der Waals surface area contributed by atoms with Crippen molar-refractivity contribution < 1.29 is 0 Å². The lowest BCUT2D eigenvalue weighted by Gasteiger charge is -2.10. The molecular weight excluding hydrogens is 216 g/mol. The van der Waals surface area contributed by atoms with E-state index in [0.29, 0.717) is 11.8 Å². The minimum atomic E-state index is 0.456. The highest BCUT2D eigenvalue weighted by atomic mass is 14.1. The van der Waals surface area contributed by atoms with E-state index in [0.717, 1.165) is 0 Å². The highest BCUT2D eigenvalue weighted by Crippen LogP contribution is 2.16. The molecule has 0 bridgehead atoms. The van der Waals surface area contributed by atoms with Gasteiger partial charge in [-0.05, 0) is 69.8 Å². The van der Waals surface area contributed by atoms with Gasteiger partial charge in [0.1, 0.15) is 0 Å². The number of hydrogen-bond acceptors (Lipinski definition) is 0. The fourth-order valence-corrected chi connectivity index (χ4v) is 1.29. The quantitative estimate of drug-likeness (QED) is 0.619. The summed E-state index contributed by atoms with van der Waals surface area (Å²) in [4.78, 5) is 0. The second-order valence-electron chi connectivity index (χ2n) is 4.07. The van der Waals surface area contributed by atoms with E-state index in [1.54, 1.807) is 0 Å². The second-order valence-corrected chi connectivity index (χ2v) is 4.07. The molecule has 0 aromatic heterocycles. The fraction of sp³-hybridized carbons (Fsp3) is 0.333. The smallest absolute Gasteiger partial charge is 0.000000344 e. The molecule has 18 heavy (non-hydrogen) atoms. The highest BCUT2D eigenvalue weighted by Gasteiger charge is 2.05. The third-order valence-corrected chi connectivity index (χ3v) is 1.98. The third-order valence-electron chi connectivity index (χ3n) is 1.98. The molecule has 0 atom stereocenters. The van der Waals surface area contributed by atoms with Crippen LogP contribution in [0.5, 0.6) is 0 Å². The molecule has 0 rings (SSSR count). The van der Waals surface area contributed by atoms with Crippen LogP contribution in [0.1, 0.15) is 27.7 Å². The zero-order valence-corrected chi connectivity index (χ0v) is 11.4. The Labute approximate surface area is 109 Å². The summed E-state index contributed by atoms with van der Waals surface area (Å²) in [7, 11) is 0. The van der Waals surface area contributed by atoms with Crippen molar-refractivity contribution >= 4 is 0 Å². The van der Waals surface area contributed by atoms with Crippen LogP contribution >= 0.6 is 0 Å². The van der Waals surface area contributed by atoms with Gasteiger partial charge in [0.2, 0.25) is 0 Å². The normalized spacial score (nSPS) is 7.00. The zero-order valence-electron chi connectivity index (χ0n) is 11.4. The van der Waals surface area contributed by atoms with Crippen LogP contribution < -0.4 is 0 Å². The average molecular weight is 232 g/mol. The summed E-state index contributed by atoms with van der Waals surface area (Å²) in [5.74, 6) is 0.912. The van der Waals surface area contributed by atoms with Crippen molar-refractivity contribution in [1.29, 1.82) is 0 Å². The average Bonchev–Trinajstić information content (AvgIpc) is 2.30. The lowest BCUT2D eigenvalue weighted by Crippen LogP contribution is -1.99. The van der Waals surface area contributed by atoms with Gasteiger partial charge in [-0.1, -0.05) is 39.2 Å². The van der Waals surface area contributed by atoms with Gasteiger partial charge in [-0.25, -0.2) is 0 Å². The summed E-state index contributed by atoms with van der Waals surface area (Å²) in [5.41, 5.74) is 27.6. The van der Waals surface area contributed by atoms with Crippen LogP contribution in [-0.2, 0) is 0 Å². The van der Waals surface area contributed by atoms with Gasteiger partial charge in [0, 0.05) is 0 Å². The maximum atomic E-state index is 3.33. The van der Waals surface area contributed by atoms with Crippen molar-refractivity contribution in [3.63, 3.8) is 0 Å². The van der Waals surface area contributed by atoms with E-state index in [4.69, 9.17) is 0 Å². The predicted molar refractivity (Wildman–Crippen MR) is 73.9 cm³/mol. The Hall–Kier alpha value is -2.46. The van der Waals surface area contributed by atoms with Crippen LogP contribution in [0.4, 0.5) is 0 Å². The molecule has 0 radical (unpaired) electrons. The maximum absolute atomic E-state index is 3.33. The molecule has 0 spiro atoms. The standard InChI is InChI=1S/C18H16/c1-6-7-8-9-10-11-12-13-14-15-18(16(2)3)17(4)5/h16-17H,1H2,2-5H3. The first kappa shape index (κ1) is 15.5. The minimum absolute atomic E-state index is 0.456. The Bertz CT molecular complexity index is 640. The molecule has 0 saturated carbocycles. The van der Waals surface area contributed by atoms with Gasteiger partial charge >= 0.3 is 0 Å². The Kier molecular flexibility index (Phi) is 8.41. The lowest BCUT2D eigenvalue weighted by atomic mass is 9.94. The molecule has 0 saturated heterocycles. The van der Waals surface area contributed by atoms with E-state index in [1.807, 2.05) is 0 Å². The molecule has 0 aromatic rings. The van der Waals surface area contributed by atoms with Crippen molar-refractivity contribution in [2.45, 2.75) is 27.7 Å². The summed E-state index contributed by atoms with van der Waals surface area (Å²) >= 11 is 0. The molecule has 0 amide bonds. The predicted octanol–water partition coefficient (Wildman–Crippen LogP) is 4.41. The van der Waals surface area contributed by atoms with E-state index in [2.05, 4.69) is 91.6 Å². The van der Waals surface area contributed by atoms with Crippen LogP contribution in [0.3, 0.4) is 0 Å². The monoisotopic (exact) mass is 232 g/mol. The van der Waals surface area contributed by atoms with Crippen LogP contribution in [-0.4, -0.2) is 0 Å². The number of allylic oxidation sites excluding steroid dienone is 1. The molecule has 0 aromatic carbocycles. The van der Waals surface area contributed by atoms with E-state index < -0.39 is 0 Å². The summed E-state index contributed by atoms with van der Waals surface area (Å²) in [6.45, 7) is 11.9. The minimum Gasteiger partial charge on any atom is -0.0687 e. The van der Waals surface area contributed by atoms with E-state index in [9.17, 15) is 0 Å². The molecule has 0 aliphatic rings. The lowest BCUT2D eigenvalue weighted by molar-refractivity contribution is 0.628. The molecule has 0 heteroatoms. The van der Waals surface area contributed by atoms with Crippen molar-refractivity contribution in [1.82, 2.24) is 0 Å². The summed E-state index contributed by atoms with van der Waals surface area (Å²) in [6, 6.07) is 0. The third kappa shape index (κ3) is 7.78. The van der Waals surface area contributed by atoms with Gasteiger partial charge in [-0.15, -0.1) is 0 Å². The van der Waals surface area contributed by atoms with Crippen molar-refractivity contribution in [3.8, 4) is 0 Å². The van der Waals surface area contributed by atoms with Gasteiger partial charge in [0.25, 0.3) is 0 Å². The summed E-state index contributed by atoms with van der Waals surface area (Å²) < 4.78 is 0. The Morgan fingerprint density at radius 2 is 1.06 bits per heavy atom. The SMILES string of the molecule is C=C=C=C=C=C=C=C=C=C=C=C(C(C)C)C(C)C. The molecule has 0 N–H and O–H groups in total. The molecular formula is C18H16. The van der Waals surface area contributed by atoms with Gasteiger partial charge in [-0.3, -0.25) is 0 Å². The molecule has 0 unspecified atom stereocenters. The van der Waals surface area contributed by atoms with Gasteiger partial charge in [0.05, 0.1) is 0 Å². The van der Waals surface area contributed by atoms with E-state index in [1.165, 1.54) is 5.57 Å². The zero-order chi connectivity index (χ0) is 13.8. The number of hydrogen-bond donors (Lipinski definition) is 0. The van der Waals surface area contributed by atoms with Gasteiger partial charge in [0.15, 0.2) is 0 Å². The first-order valence-corrected chi connectivity index (χ1v) is 5.74. The van der Waals surface area contributed by atoms with Gasteiger partial charge in [-0.2, -0.15) is 0 Å². The summed E-state index contributed by atoms with van der Waals surface area (Å²) in [6.07, 6.45) is 0. The van der Waals surface area contributed by atoms with Crippen molar-refractivity contribution in [2.75, 3.05) is 0 Å². The summed E-state index contributed by atoms with van der Waals surface area (Å²) in [5, 5.41) is 0. The molecule has 88 valence electrons. The first-order valence-electron chi connectivity index (χ1n) is 5.74. The van der Waals surface area contributed by atoms with E-state index >= 15 is 0 Å². The van der Waals surface area contributed by atoms with Crippen LogP contribution in [0.25, 0.3) is 0 Å². The van der Waals surface area contributed by atoms with E-state index in [-0.39, 0.29) is 0 Å². The molecule has 0 nitrogen and oxygen atoms in total. The molecule has 0 heterocycles. The largest absolute Gasteiger partial charge is 0.0687 e. The molecule has 0 fully saturated rings. The van der Waals surface area contributed by atoms with Crippen LogP contribution in [0, 0.1) is 11.8 Å². The number of rotatable bonds is 2. The van der Waals surface area contributed by atoms with Crippen LogP contribution in [0.2, 0.25) is 0 Å². The topological polar surface area (TPSA) is 0 Å². The maximum Gasteiger partial charge on any atom is -0.000000344 e. The molecule has 0 aliphatic heterocycles. The highest BCUT2D eigenvalue weighted by molar-refractivity contribution is 5.07. The Balaban J connectivity index is 5.72. The molecule has 0 aliphatic carbocycles. The second kappa shape index (κ2) is 9.74. The van der Waals surface area contributed by atoms with Crippen LogP contribution in [0.15, 0.2) is 69.5 Å².